The smallest absolute Gasteiger partial charge is 0.255 e. The highest BCUT2D eigenvalue weighted by Crippen LogP contribution is 2.24. The van der Waals surface area contributed by atoms with E-state index in [9.17, 15) is 4.79 Å². The number of carbonyl (C=O) groups is 1. The average molecular weight is 357 g/mol. The fourth-order valence-corrected chi connectivity index (χ4v) is 3.00. The van der Waals surface area contributed by atoms with Crippen LogP contribution in [0.4, 0.5) is 0 Å². The summed E-state index contributed by atoms with van der Waals surface area (Å²) in [6.07, 6.45) is 3.22. The van der Waals surface area contributed by atoms with Crippen molar-refractivity contribution in [3.63, 3.8) is 0 Å². The summed E-state index contributed by atoms with van der Waals surface area (Å²) in [6.45, 7) is 0.931. The number of hydrogen-bond donors (Lipinski definition) is 1. The highest BCUT2D eigenvalue weighted by atomic mass is 16.3. The van der Waals surface area contributed by atoms with Crippen molar-refractivity contribution in [3.8, 4) is 11.3 Å². The Hall–Kier alpha value is -3.60. The van der Waals surface area contributed by atoms with Crippen molar-refractivity contribution < 1.29 is 9.21 Å². The Labute approximate surface area is 157 Å². The molecular weight excluding hydrogens is 338 g/mol. The van der Waals surface area contributed by atoms with Crippen LogP contribution in [-0.4, -0.2) is 15.7 Å². The van der Waals surface area contributed by atoms with Gasteiger partial charge in [0.25, 0.3) is 5.91 Å². The lowest BCUT2D eigenvalue weighted by molar-refractivity contribution is 0.0948. The molecule has 5 nitrogen and oxygen atoms in total. The first-order valence-corrected chi connectivity index (χ1v) is 8.77. The zero-order chi connectivity index (χ0) is 18.5. The zero-order valence-corrected chi connectivity index (χ0v) is 14.7. The molecule has 1 N–H and O–H groups in total. The third-order valence-electron chi connectivity index (χ3n) is 4.31. The molecule has 0 aliphatic heterocycles. The predicted molar refractivity (Wildman–Crippen MR) is 103 cm³/mol. The number of furan rings is 1. The molecule has 0 atom stereocenters. The molecule has 0 aliphatic rings. The van der Waals surface area contributed by atoms with E-state index in [4.69, 9.17) is 4.42 Å². The summed E-state index contributed by atoms with van der Waals surface area (Å²) < 4.78 is 7.15. The van der Waals surface area contributed by atoms with E-state index in [1.165, 1.54) is 0 Å². The van der Waals surface area contributed by atoms with Crippen LogP contribution in [0.5, 0.6) is 0 Å². The van der Waals surface area contributed by atoms with Crippen LogP contribution < -0.4 is 5.32 Å². The fraction of sp³-hybridized carbons (Fsp3) is 0.0909. The van der Waals surface area contributed by atoms with Gasteiger partial charge in [-0.3, -0.25) is 9.48 Å². The maximum absolute atomic E-state index is 12.8. The molecule has 0 radical (unpaired) electrons. The van der Waals surface area contributed by atoms with Gasteiger partial charge in [0.05, 0.1) is 36.8 Å². The molecule has 2 aromatic heterocycles. The van der Waals surface area contributed by atoms with Crippen molar-refractivity contribution in [3.05, 3.63) is 102 Å². The van der Waals surface area contributed by atoms with Crippen LogP contribution in [-0.2, 0) is 13.1 Å². The molecule has 134 valence electrons. The topological polar surface area (TPSA) is 60.1 Å². The lowest BCUT2D eigenvalue weighted by Gasteiger charge is -2.10. The zero-order valence-electron chi connectivity index (χ0n) is 14.7. The molecule has 4 aromatic rings. The number of benzene rings is 2. The molecule has 1 amide bonds. The van der Waals surface area contributed by atoms with Crippen molar-refractivity contribution in [2.45, 2.75) is 13.1 Å². The Kier molecular flexibility index (Phi) is 4.83. The van der Waals surface area contributed by atoms with Gasteiger partial charge in [0.2, 0.25) is 0 Å². The lowest BCUT2D eigenvalue weighted by Crippen LogP contribution is -2.23. The maximum atomic E-state index is 12.8. The number of amides is 1. The second-order valence-corrected chi connectivity index (χ2v) is 6.18. The first-order valence-electron chi connectivity index (χ1n) is 8.77. The van der Waals surface area contributed by atoms with Crippen molar-refractivity contribution in [1.82, 2.24) is 15.1 Å². The molecular formula is C22H19N3O2. The van der Waals surface area contributed by atoms with Crippen LogP contribution in [0.3, 0.4) is 0 Å². The van der Waals surface area contributed by atoms with Crippen LogP contribution in [0.25, 0.3) is 11.3 Å². The van der Waals surface area contributed by atoms with Gasteiger partial charge in [-0.2, -0.15) is 5.10 Å². The summed E-state index contributed by atoms with van der Waals surface area (Å²) in [5.41, 5.74) is 3.43. The van der Waals surface area contributed by atoms with Gasteiger partial charge in [-0.1, -0.05) is 60.7 Å². The Morgan fingerprint density at radius 2 is 1.70 bits per heavy atom. The molecule has 2 aromatic carbocycles. The van der Waals surface area contributed by atoms with E-state index >= 15 is 0 Å². The number of nitrogens with zero attached hydrogens (tertiary/aromatic N) is 2. The third kappa shape index (κ3) is 3.82. The van der Waals surface area contributed by atoms with E-state index < -0.39 is 0 Å². The summed E-state index contributed by atoms with van der Waals surface area (Å²) in [7, 11) is 0. The maximum Gasteiger partial charge on any atom is 0.255 e. The lowest BCUT2D eigenvalue weighted by atomic mass is 10.1. The number of rotatable bonds is 6. The molecule has 0 spiro atoms. The van der Waals surface area contributed by atoms with Crippen molar-refractivity contribution in [2.24, 2.45) is 0 Å². The molecule has 0 bridgehead atoms. The minimum absolute atomic E-state index is 0.176. The van der Waals surface area contributed by atoms with Gasteiger partial charge in [-0.25, -0.2) is 0 Å². The van der Waals surface area contributed by atoms with Crippen molar-refractivity contribution in [1.29, 1.82) is 0 Å². The largest absolute Gasteiger partial charge is 0.467 e. The summed E-state index contributed by atoms with van der Waals surface area (Å²) in [5, 5.41) is 7.39. The molecule has 0 fully saturated rings. The van der Waals surface area contributed by atoms with Gasteiger partial charge < -0.3 is 9.73 Å². The van der Waals surface area contributed by atoms with E-state index in [1.54, 1.807) is 18.5 Å². The van der Waals surface area contributed by atoms with Crippen LogP contribution in [0.1, 0.15) is 21.7 Å². The Morgan fingerprint density at radius 3 is 2.41 bits per heavy atom. The van der Waals surface area contributed by atoms with E-state index in [-0.39, 0.29) is 5.91 Å². The van der Waals surface area contributed by atoms with Crippen LogP contribution in [0.2, 0.25) is 0 Å². The highest BCUT2D eigenvalue weighted by molar-refractivity contribution is 5.99. The van der Waals surface area contributed by atoms with Crippen LogP contribution >= 0.6 is 0 Å². The fourth-order valence-electron chi connectivity index (χ4n) is 3.00. The van der Waals surface area contributed by atoms with Gasteiger partial charge in [0, 0.05) is 5.56 Å². The van der Waals surface area contributed by atoms with Gasteiger partial charge in [0.15, 0.2) is 0 Å². The standard InChI is InChI=1S/C22H19N3O2/c26-22(23-14-19-12-7-13-27-19)20-15-24-25(16-17-8-3-1-4-9-17)21(20)18-10-5-2-6-11-18/h1-13,15H,14,16H2,(H,23,26). The molecule has 2 heterocycles. The summed E-state index contributed by atoms with van der Waals surface area (Å²) in [4.78, 5) is 12.8. The molecule has 0 aliphatic carbocycles. The summed E-state index contributed by atoms with van der Waals surface area (Å²) >= 11 is 0. The SMILES string of the molecule is O=C(NCc1ccco1)c1cnn(Cc2ccccc2)c1-c1ccccc1. The Balaban J connectivity index is 1.65. The first-order chi connectivity index (χ1) is 13.3. The number of aromatic nitrogens is 2. The molecule has 4 rings (SSSR count). The Morgan fingerprint density at radius 1 is 0.963 bits per heavy atom. The predicted octanol–water partition coefficient (Wildman–Crippen LogP) is 4.12. The van der Waals surface area contributed by atoms with Crippen LogP contribution in [0, 0.1) is 0 Å². The number of carbonyl (C=O) groups excluding carboxylic acids is 1. The molecule has 0 unspecified atom stereocenters. The molecule has 5 heteroatoms. The second-order valence-electron chi connectivity index (χ2n) is 6.18. The minimum Gasteiger partial charge on any atom is -0.467 e. The highest BCUT2D eigenvalue weighted by Gasteiger charge is 2.19. The molecule has 0 saturated heterocycles. The summed E-state index contributed by atoms with van der Waals surface area (Å²) in [5.74, 6) is 0.533. The van der Waals surface area contributed by atoms with Crippen molar-refractivity contribution in [2.75, 3.05) is 0 Å². The van der Waals surface area contributed by atoms with Crippen LogP contribution in [0.15, 0.2) is 89.7 Å². The van der Waals surface area contributed by atoms with Gasteiger partial charge in [-0.15, -0.1) is 0 Å². The third-order valence-corrected chi connectivity index (χ3v) is 4.31. The van der Waals surface area contributed by atoms with E-state index in [2.05, 4.69) is 10.4 Å². The van der Waals surface area contributed by atoms with E-state index in [1.807, 2.05) is 71.4 Å². The monoisotopic (exact) mass is 357 g/mol. The van der Waals surface area contributed by atoms with E-state index in [0.29, 0.717) is 24.4 Å². The quantitative estimate of drug-likeness (QED) is 0.565. The van der Waals surface area contributed by atoms with Gasteiger partial charge in [0.1, 0.15) is 5.76 Å². The van der Waals surface area contributed by atoms with E-state index in [0.717, 1.165) is 16.8 Å². The van der Waals surface area contributed by atoms with Gasteiger partial charge >= 0.3 is 0 Å². The van der Waals surface area contributed by atoms with Crippen molar-refractivity contribution >= 4 is 5.91 Å². The average Bonchev–Trinajstić information content (AvgIpc) is 3.37. The summed E-state index contributed by atoms with van der Waals surface area (Å²) in [6, 6.07) is 23.6. The van der Waals surface area contributed by atoms with Gasteiger partial charge in [-0.05, 0) is 17.7 Å². The normalized spacial score (nSPS) is 10.7. The minimum atomic E-state index is -0.176. The molecule has 0 saturated carbocycles. The number of hydrogen-bond acceptors (Lipinski definition) is 3. The molecule has 27 heavy (non-hydrogen) atoms. The first kappa shape index (κ1) is 16.8. The second kappa shape index (κ2) is 7.74. The Bertz CT molecular complexity index is 1010. The number of nitrogens with one attached hydrogen (secondary N) is 1.